The van der Waals surface area contributed by atoms with Crippen molar-refractivity contribution in [2.24, 2.45) is 5.92 Å². The molecule has 0 aliphatic carbocycles. The van der Waals surface area contributed by atoms with Gasteiger partial charge in [0.25, 0.3) is 0 Å². The molecule has 0 radical (unpaired) electrons. The first kappa shape index (κ1) is 19.4. The molecule has 0 unspecified atom stereocenters. The highest BCUT2D eigenvalue weighted by Crippen LogP contribution is 2.21. The highest BCUT2D eigenvalue weighted by Gasteiger charge is 2.32. The summed E-state index contributed by atoms with van der Waals surface area (Å²) < 4.78 is 5.42. The van der Waals surface area contributed by atoms with Crippen molar-refractivity contribution < 1.29 is 14.3 Å². The van der Waals surface area contributed by atoms with Crippen LogP contribution >= 0.6 is 0 Å². The number of morpholine rings is 1. The molecule has 3 saturated heterocycles. The molecule has 0 aromatic rings. The second-order valence-corrected chi connectivity index (χ2v) is 8.37. The third-order valence-electron chi connectivity index (χ3n) is 6.08. The van der Waals surface area contributed by atoms with Crippen LogP contribution in [0.15, 0.2) is 0 Å². The summed E-state index contributed by atoms with van der Waals surface area (Å²) in [4.78, 5) is 31.3. The van der Waals surface area contributed by atoms with E-state index in [0.29, 0.717) is 19.6 Å². The molecule has 3 amide bonds. The van der Waals surface area contributed by atoms with Crippen LogP contribution in [0.3, 0.4) is 0 Å². The Balaban J connectivity index is 1.41. The molecule has 7 nitrogen and oxygen atoms in total. The van der Waals surface area contributed by atoms with E-state index in [2.05, 4.69) is 24.1 Å². The van der Waals surface area contributed by atoms with Crippen LogP contribution in [0.4, 0.5) is 4.79 Å². The second-order valence-electron chi connectivity index (χ2n) is 8.37. The molecule has 26 heavy (non-hydrogen) atoms. The van der Waals surface area contributed by atoms with Crippen molar-refractivity contribution in [3.8, 4) is 0 Å². The zero-order valence-corrected chi connectivity index (χ0v) is 16.3. The molecule has 0 saturated carbocycles. The van der Waals surface area contributed by atoms with Gasteiger partial charge in [-0.05, 0) is 39.5 Å². The molecule has 3 rings (SSSR count). The van der Waals surface area contributed by atoms with Crippen LogP contribution < -0.4 is 5.32 Å². The van der Waals surface area contributed by atoms with Gasteiger partial charge in [-0.1, -0.05) is 0 Å². The molecule has 3 aliphatic heterocycles. The summed E-state index contributed by atoms with van der Waals surface area (Å²) in [6.45, 7) is 11.5. The Morgan fingerprint density at radius 1 is 0.962 bits per heavy atom. The van der Waals surface area contributed by atoms with Gasteiger partial charge in [0.05, 0.1) is 13.2 Å². The fourth-order valence-corrected chi connectivity index (χ4v) is 4.17. The largest absolute Gasteiger partial charge is 0.379 e. The molecule has 0 spiro atoms. The zero-order valence-electron chi connectivity index (χ0n) is 16.3. The number of hydrogen-bond acceptors (Lipinski definition) is 4. The number of hydrogen-bond donors (Lipinski definition) is 1. The number of carbonyl (C=O) groups excluding carboxylic acids is 2. The number of ether oxygens (including phenoxy) is 1. The average Bonchev–Trinajstić information content (AvgIpc) is 3.21. The van der Waals surface area contributed by atoms with Crippen LogP contribution in [-0.2, 0) is 9.53 Å². The summed E-state index contributed by atoms with van der Waals surface area (Å²) in [7, 11) is 0. The lowest BCUT2D eigenvalue weighted by atomic mass is 9.95. The minimum Gasteiger partial charge on any atom is -0.379 e. The maximum absolute atomic E-state index is 12.6. The smallest absolute Gasteiger partial charge is 0.319 e. The van der Waals surface area contributed by atoms with Gasteiger partial charge in [0.1, 0.15) is 0 Å². The SMILES string of the molecule is CC(C)(CNC(=O)C1CCN(C(=O)N2CCCC2)CC1)N1CCOCC1. The van der Waals surface area contributed by atoms with Gasteiger partial charge in [0, 0.05) is 57.3 Å². The molecule has 1 N–H and O–H groups in total. The third-order valence-corrected chi connectivity index (χ3v) is 6.08. The Morgan fingerprint density at radius 2 is 1.54 bits per heavy atom. The lowest BCUT2D eigenvalue weighted by Gasteiger charge is -2.41. The number of nitrogens with zero attached hydrogens (tertiary/aromatic N) is 3. The first-order valence-electron chi connectivity index (χ1n) is 10.1. The standard InChI is InChI=1S/C19H34N4O3/c1-19(2,23-11-13-26-14-12-23)15-20-17(24)16-5-9-22(10-6-16)18(25)21-7-3-4-8-21/h16H,3-15H2,1-2H3,(H,20,24). The molecule has 0 bridgehead atoms. The van der Waals surface area contributed by atoms with Gasteiger partial charge in [-0.2, -0.15) is 0 Å². The zero-order chi connectivity index (χ0) is 18.6. The van der Waals surface area contributed by atoms with Gasteiger partial charge < -0.3 is 19.9 Å². The van der Waals surface area contributed by atoms with Crippen molar-refractivity contribution >= 4 is 11.9 Å². The van der Waals surface area contributed by atoms with Gasteiger partial charge in [-0.25, -0.2) is 4.79 Å². The van der Waals surface area contributed by atoms with Crippen LogP contribution in [0.5, 0.6) is 0 Å². The van der Waals surface area contributed by atoms with Gasteiger partial charge in [-0.15, -0.1) is 0 Å². The van der Waals surface area contributed by atoms with E-state index < -0.39 is 0 Å². The fourth-order valence-electron chi connectivity index (χ4n) is 4.17. The number of carbonyl (C=O) groups is 2. The highest BCUT2D eigenvalue weighted by molar-refractivity contribution is 5.79. The lowest BCUT2D eigenvalue weighted by Crippen LogP contribution is -2.56. The second kappa shape index (κ2) is 8.57. The van der Waals surface area contributed by atoms with Gasteiger partial charge in [-0.3, -0.25) is 9.69 Å². The van der Waals surface area contributed by atoms with Crippen LogP contribution in [0.2, 0.25) is 0 Å². The maximum Gasteiger partial charge on any atom is 0.319 e. The van der Waals surface area contributed by atoms with E-state index in [0.717, 1.165) is 65.1 Å². The summed E-state index contributed by atoms with van der Waals surface area (Å²) in [5.74, 6) is 0.165. The summed E-state index contributed by atoms with van der Waals surface area (Å²) in [6, 6.07) is 0.162. The predicted octanol–water partition coefficient (Wildman–Crippen LogP) is 1.14. The normalized spacial score (nSPS) is 23.3. The summed E-state index contributed by atoms with van der Waals surface area (Å²) in [5, 5.41) is 3.15. The van der Waals surface area contributed by atoms with E-state index >= 15 is 0 Å². The molecule has 0 aromatic heterocycles. The Labute approximate surface area is 157 Å². The topological polar surface area (TPSA) is 65.1 Å². The van der Waals surface area contributed by atoms with E-state index in [1.54, 1.807) is 0 Å². The molecule has 148 valence electrons. The van der Waals surface area contributed by atoms with Crippen molar-refractivity contribution in [3.05, 3.63) is 0 Å². The van der Waals surface area contributed by atoms with Crippen molar-refractivity contribution in [3.63, 3.8) is 0 Å². The van der Waals surface area contributed by atoms with E-state index in [9.17, 15) is 9.59 Å². The monoisotopic (exact) mass is 366 g/mol. The predicted molar refractivity (Wildman–Crippen MR) is 100.0 cm³/mol. The fraction of sp³-hybridized carbons (Fsp3) is 0.895. The van der Waals surface area contributed by atoms with E-state index in [-0.39, 0.29) is 23.4 Å². The average molecular weight is 367 g/mol. The van der Waals surface area contributed by atoms with E-state index in [1.165, 1.54) is 0 Å². The Morgan fingerprint density at radius 3 is 2.15 bits per heavy atom. The Kier molecular flexibility index (Phi) is 6.40. The first-order chi connectivity index (χ1) is 12.5. The Bertz CT molecular complexity index is 491. The number of nitrogens with one attached hydrogen (secondary N) is 1. The molecule has 0 atom stereocenters. The van der Waals surface area contributed by atoms with Crippen molar-refractivity contribution in [1.82, 2.24) is 20.0 Å². The summed E-state index contributed by atoms with van der Waals surface area (Å²) in [6.07, 6.45) is 3.76. The van der Waals surface area contributed by atoms with E-state index in [1.807, 2.05) is 9.80 Å². The molecule has 3 heterocycles. The molecular weight excluding hydrogens is 332 g/mol. The molecule has 3 fully saturated rings. The summed E-state index contributed by atoms with van der Waals surface area (Å²) >= 11 is 0. The molecular formula is C19H34N4O3. The van der Waals surface area contributed by atoms with Crippen molar-refractivity contribution in [2.45, 2.75) is 45.1 Å². The quantitative estimate of drug-likeness (QED) is 0.810. The van der Waals surface area contributed by atoms with Crippen LogP contribution in [0, 0.1) is 5.92 Å². The van der Waals surface area contributed by atoms with Crippen LogP contribution in [0.25, 0.3) is 0 Å². The van der Waals surface area contributed by atoms with Gasteiger partial charge >= 0.3 is 6.03 Å². The van der Waals surface area contributed by atoms with Crippen LogP contribution in [0.1, 0.15) is 39.5 Å². The van der Waals surface area contributed by atoms with Gasteiger partial charge in [0.15, 0.2) is 0 Å². The number of piperidine rings is 1. The van der Waals surface area contributed by atoms with Crippen molar-refractivity contribution in [1.29, 1.82) is 0 Å². The lowest BCUT2D eigenvalue weighted by molar-refractivity contribution is -0.127. The van der Waals surface area contributed by atoms with Gasteiger partial charge in [0.2, 0.25) is 5.91 Å². The number of rotatable bonds is 4. The maximum atomic E-state index is 12.6. The third kappa shape index (κ3) is 4.68. The first-order valence-corrected chi connectivity index (χ1v) is 10.1. The van der Waals surface area contributed by atoms with Crippen molar-refractivity contribution in [2.75, 3.05) is 59.0 Å². The van der Waals surface area contributed by atoms with E-state index in [4.69, 9.17) is 4.74 Å². The minimum atomic E-state index is -0.0636. The molecule has 7 heteroatoms. The Hall–Kier alpha value is -1.34. The number of urea groups is 1. The van der Waals surface area contributed by atoms with Crippen LogP contribution in [-0.4, -0.2) is 91.2 Å². The minimum absolute atomic E-state index is 0.0260. The number of amides is 3. The molecule has 0 aromatic carbocycles. The highest BCUT2D eigenvalue weighted by atomic mass is 16.5. The number of likely N-dealkylation sites (tertiary alicyclic amines) is 2. The summed E-state index contributed by atoms with van der Waals surface area (Å²) in [5.41, 5.74) is -0.0636. The molecule has 3 aliphatic rings.